The molecule has 0 saturated heterocycles. The summed E-state index contributed by atoms with van der Waals surface area (Å²) in [5.41, 5.74) is 4.33. The first kappa shape index (κ1) is 15.3. The molecule has 0 bridgehead atoms. The van der Waals surface area contributed by atoms with Gasteiger partial charge in [0.2, 0.25) is 0 Å². The number of aryl methyl sites for hydroxylation is 1. The largest absolute Gasteiger partial charge is 0.295 e. The number of aromatic nitrogens is 2. The van der Waals surface area contributed by atoms with E-state index in [1.165, 1.54) is 9.13 Å². The van der Waals surface area contributed by atoms with E-state index in [1.807, 2.05) is 6.92 Å². The molecule has 0 amide bonds. The zero-order valence-corrected chi connectivity index (χ0v) is 16.1. The highest BCUT2D eigenvalue weighted by atomic mass is 127. The van der Waals surface area contributed by atoms with Crippen LogP contribution < -0.4 is 0 Å². The van der Waals surface area contributed by atoms with Crippen LogP contribution >= 0.6 is 50.1 Å². The molecule has 0 aliphatic heterocycles. The summed E-state index contributed by atoms with van der Waals surface area (Å²) in [4.78, 5) is 4.71. The lowest BCUT2D eigenvalue weighted by molar-refractivity contribution is 0.882. The van der Waals surface area contributed by atoms with Gasteiger partial charge in [-0.15, -0.1) is 11.6 Å². The molecule has 1 unspecified atom stereocenters. The highest BCUT2D eigenvalue weighted by molar-refractivity contribution is 14.1. The summed E-state index contributed by atoms with van der Waals surface area (Å²) < 4.78 is 4.39. The molecule has 108 valence electrons. The van der Waals surface area contributed by atoms with E-state index in [0.717, 1.165) is 27.0 Å². The minimum Gasteiger partial charge on any atom is -0.295 e. The molecule has 2 aromatic carbocycles. The number of rotatable bonds is 2. The third kappa shape index (κ3) is 2.85. The average Bonchev–Trinajstić information content (AvgIpc) is 2.80. The maximum absolute atomic E-state index is 6.34. The molecule has 0 aliphatic carbocycles. The monoisotopic (exact) mass is 474 g/mol. The minimum atomic E-state index is -0.157. The van der Waals surface area contributed by atoms with Crippen molar-refractivity contribution in [1.82, 2.24) is 9.55 Å². The Balaban J connectivity index is 2.33. The van der Waals surface area contributed by atoms with Crippen LogP contribution in [-0.4, -0.2) is 9.55 Å². The summed E-state index contributed by atoms with van der Waals surface area (Å²) in [6.45, 7) is 4.03. The molecule has 0 saturated carbocycles. The molecule has 5 heteroatoms. The number of nitrogens with zero attached hydrogens (tertiary/aromatic N) is 2. The third-order valence-electron chi connectivity index (χ3n) is 3.41. The Morgan fingerprint density at radius 3 is 2.67 bits per heavy atom. The van der Waals surface area contributed by atoms with Crippen molar-refractivity contribution in [1.29, 1.82) is 0 Å². The highest BCUT2D eigenvalue weighted by Gasteiger charge is 2.16. The number of hydrogen-bond acceptors (Lipinski definition) is 1. The Hall–Kier alpha value is -0.590. The van der Waals surface area contributed by atoms with Gasteiger partial charge in [-0.2, -0.15) is 0 Å². The molecule has 0 aliphatic rings. The van der Waals surface area contributed by atoms with E-state index in [1.54, 1.807) is 0 Å². The maximum Gasteiger partial charge on any atom is 0.132 e. The molecule has 3 aromatic rings. The molecule has 1 heterocycles. The molecule has 1 aromatic heterocycles. The van der Waals surface area contributed by atoms with Crippen molar-refractivity contribution in [3.8, 4) is 5.69 Å². The SMILES string of the molecule is Cc1ccc(-n2c(C(C)Cl)nc3cc(I)ccc32)cc1Br. The van der Waals surface area contributed by atoms with E-state index in [-0.39, 0.29) is 5.38 Å². The van der Waals surface area contributed by atoms with Gasteiger partial charge in [0.05, 0.1) is 16.4 Å². The van der Waals surface area contributed by atoms with Gasteiger partial charge in [-0.1, -0.05) is 22.0 Å². The maximum atomic E-state index is 6.34. The van der Waals surface area contributed by atoms with Crippen LogP contribution in [0.5, 0.6) is 0 Å². The molecular formula is C16H13BrClIN2. The molecule has 21 heavy (non-hydrogen) atoms. The van der Waals surface area contributed by atoms with E-state index in [4.69, 9.17) is 16.6 Å². The van der Waals surface area contributed by atoms with Crippen LogP contribution in [0, 0.1) is 10.5 Å². The Morgan fingerprint density at radius 1 is 1.24 bits per heavy atom. The third-order valence-corrected chi connectivity index (χ3v) is 5.13. The molecule has 0 spiro atoms. The zero-order chi connectivity index (χ0) is 15.1. The van der Waals surface area contributed by atoms with Gasteiger partial charge in [-0.25, -0.2) is 4.98 Å². The van der Waals surface area contributed by atoms with Crippen LogP contribution in [0.15, 0.2) is 40.9 Å². The summed E-state index contributed by atoms with van der Waals surface area (Å²) >= 11 is 12.2. The lowest BCUT2D eigenvalue weighted by Crippen LogP contribution is -2.02. The predicted molar refractivity (Wildman–Crippen MR) is 100 cm³/mol. The van der Waals surface area contributed by atoms with Gasteiger partial charge in [0, 0.05) is 13.7 Å². The minimum absolute atomic E-state index is 0.157. The second-order valence-corrected chi connectivity index (χ2v) is 7.74. The van der Waals surface area contributed by atoms with Crippen LogP contribution in [0.3, 0.4) is 0 Å². The van der Waals surface area contributed by atoms with Gasteiger partial charge in [-0.05, 0) is 72.3 Å². The summed E-state index contributed by atoms with van der Waals surface area (Å²) in [5.74, 6) is 0.865. The van der Waals surface area contributed by atoms with Gasteiger partial charge in [0.1, 0.15) is 5.82 Å². The van der Waals surface area contributed by atoms with Gasteiger partial charge in [0.15, 0.2) is 0 Å². The quantitative estimate of drug-likeness (QED) is 0.328. The van der Waals surface area contributed by atoms with Crippen LogP contribution in [0.1, 0.15) is 23.7 Å². The van der Waals surface area contributed by atoms with Crippen molar-refractivity contribution < 1.29 is 0 Å². The second kappa shape index (κ2) is 5.89. The van der Waals surface area contributed by atoms with E-state index in [2.05, 4.69) is 86.4 Å². The zero-order valence-electron chi connectivity index (χ0n) is 11.6. The fraction of sp³-hybridized carbons (Fsp3) is 0.188. The fourth-order valence-corrected chi connectivity index (χ4v) is 3.32. The van der Waals surface area contributed by atoms with Crippen molar-refractivity contribution in [2.24, 2.45) is 0 Å². The van der Waals surface area contributed by atoms with E-state index in [0.29, 0.717) is 0 Å². The topological polar surface area (TPSA) is 17.8 Å². The molecule has 3 rings (SSSR count). The first-order valence-corrected chi connectivity index (χ1v) is 8.86. The van der Waals surface area contributed by atoms with Crippen LogP contribution in [-0.2, 0) is 0 Å². The number of alkyl halides is 1. The van der Waals surface area contributed by atoms with Crippen molar-refractivity contribution >= 4 is 61.2 Å². The first-order chi connectivity index (χ1) is 9.97. The summed E-state index contributed by atoms with van der Waals surface area (Å²) in [6, 6.07) is 12.6. The van der Waals surface area contributed by atoms with E-state index < -0.39 is 0 Å². The number of imidazole rings is 1. The number of benzene rings is 2. The number of hydrogen-bond donors (Lipinski definition) is 0. The molecule has 2 nitrogen and oxygen atoms in total. The van der Waals surface area contributed by atoms with E-state index >= 15 is 0 Å². The van der Waals surface area contributed by atoms with Crippen molar-refractivity contribution in [3.05, 3.63) is 55.8 Å². The summed E-state index contributed by atoms with van der Waals surface area (Å²) in [5, 5.41) is -0.157. The molecule has 1 atom stereocenters. The predicted octanol–water partition coefficient (Wildman–Crippen LogP) is 6.00. The van der Waals surface area contributed by atoms with Crippen molar-refractivity contribution in [2.45, 2.75) is 19.2 Å². The Kier molecular flexibility index (Phi) is 4.30. The van der Waals surface area contributed by atoms with Crippen LogP contribution in [0.25, 0.3) is 16.7 Å². The van der Waals surface area contributed by atoms with E-state index in [9.17, 15) is 0 Å². The second-order valence-electron chi connectivity index (χ2n) is 4.99. The standard InChI is InChI=1S/C16H13BrClIN2/c1-9-3-5-12(8-13(9)17)21-15-6-4-11(19)7-14(15)20-16(21)10(2)18/h3-8,10H,1-2H3. The van der Waals surface area contributed by atoms with Gasteiger partial charge < -0.3 is 0 Å². The Morgan fingerprint density at radius 2 is 2.00 bits per heavy atom. The highest BCUT2D eigenvalue weighted by Crippen LogP contribution is 2.30. The number of fused-ring (bicyclic) bond motifs is 1. The van der Waals surface area contributed by atoms with Crippen LogP contribution in [0.2, 0.25) is 0 Å². The average molecular weight is 476 g/mol. The van der Waals surface area contributed by atoms with Crippen molar-refractivity contribution in [2.75, 3.05) is 0 Å². The smallest absolute Gasteiger partial charge is 0.132 e. The lowest BCUT2D eigenvalue weighted by atomic mass is 10.2. The van der Waals surface area contributed by atoms with Gasteiger partial charge in [-0.3, -0.25) is 4.57 Å². The first-order valence-electron chi connectivity index (χ1n) is 6.56. The normalized spacial score (nSPS) is 12.8. The summed E-state index contributed by atoms with van der Waals surface area (Å²) in [6.07, 6.45) is 0. The van der Waals surface area contributed by atoms with Crippen molar-refractivity contribution in [3.63, 3.8) is 0 Å². The molecule has 0 fully saturated rings. The molecule has 0 radical (unpaired) electrons. The molecular weight excluding hydrogens is 462 g/mol. The Bertz CT molecular complexity index is 827. The fourth-order valence-electron chi connectivity index (χ4n) is 2.33. The lowest BCUT2D eigenvalue weighted by Gasteiger charge is -2.12. The number of halogens is 3. The van der Waals surface area contributed by atoms with Gasteiger partial charge in [0.25, 0.3) is 0 Å². The van der Waals surface area contributed by atoms with Gasteiger partial charge >= 0.3 is 0 Å². The molecule has 0 N–H and O–H groups in total. The summed E-state index contributed by atoms with van der Waals surface area (Å²) in [7, 11) is 0. The van der Waals surface area contributed by atoms with Crippen LogP contribution in [0.4, 0.5) is 0 Å². The Labute approximate surface area is 150 Å².